The molecule has 25 heavy (non-hydrogen) atoms. The molecule has 1 atom stereocenters. The Bertz CT molecular complexity index is 719. The molecule has 4 heteroatoms. The molecule has 1 aromatic carbocycles. The van der Waals surface area contributed by atoms with Crippen LogP contribution in [-0.2, 0) is 10.2 Å². The number of benzene rings is 1. The van der Waals surface area contributed by atoms with Gasteiger partial charge in [-0.25, -0.2) is 0 Å². The first-order valence-corrected chi connectivity index (χ1v) is 9.54. The largest absolute Gasteiger partial charge is 0.354 e. The maximum atomic E-state index is 12.2. The van der Waals surface area contributed by atoms with Crippen molar-refractivity contribution in [3.8, 4) is 0 Å². The molecule has 0 aliphatic heterocycles. The van der Waals surface area contributed by atoms with Crippen molar-refractivity contribution in [3.63, 3.8) is 0 Å². The molecule has 0 bridgehead atoms. The van der Waals surface area contributed by atoms with E-state index in [1.54, 1.807) is 0 Å². The first-order chi connectivity index (χ1) is 11.8. The van der Waals surface area contributed by atoms with Crippen molar-refractivity contribution >= 4 is 23.0 Å². The summed E-state index contributed by atoms with van der Waals surface area (Å²) < 4.78 is 0. The van der Waals surface area contributed by atoms with Gasteiger partial charge in [0.05, 0.1) is 4.88 Å². The molecule has 3 nitrogen and oxygen atoms in total. The Morgan fingerprint density at radius 1 is 1.08 bits per heavy atom. The number of carbonyl (C=O) groups excluding carboxylic acids is 2. The molecule has 1 N–H and O–H groups in total. The zero-order valence-electron chi connectivity index (χ0n) is 15.5. The van der Waals surface area contributed by atoms with Gasteiger partial charge in [-0.15, -0.1) is 11.3 Å². The number of hydrogen-bond donors (Lipinski definition) is 1. The van der Waals surface area contributed by atoms with Crippen molar-refractivity contribution < 1.29 is 9.59 Å². The molecule has 0 saturated heterocycles. The van der Waals surface area contributed by atoms with Crippen LogP contribution in [0.15, 0.2) is 42.5 Å². The summed E-state index contributed by atoms with van der Waals surface area (Å²) in [5.41, 5.74) is 1.25. The Morgan fingerprint density at radius 2 is 1.76 bits per heavy atom. The van der Waals surface area contributed by atoms with Gasteiger partial charge in [-0.2, -0.15) is 0 Å². The highest BCUT2D eigenvalue weighted by Crippen LogP contribution is 2.28. The number of ketones is 1. The van der Waals surface area contributed by atoms with Gasteiger partial charge in [0.25, 0.3) is 0 Å². The minimum Gasteiger partial charge on any atom is -0.354 e. The van der Waals surface area contributed by atoms with Gasteiger partial charge in [-0.1, -0.05) is 44.2 Å². The fourth-order valence-electron chi connectivity index (χ4n) is 3.11. The number of thiophene rings is 1. The van der Waals surface area contributed by atoms with Gasteiger partial charge in [0.1, 0.15) is 0 Å². The van der Waals surface area contributed by atoms with E-state index in [1.807, 2.05) is 44.2 Å². The predicted octanol–water partition coefficient (Wildman–Crippen LogP) is 4.89. The third-order valence-electron chi connectivity index (χ3n) is 4.37. The first-order valence-electron chi connectivity index (χ1n) is 8.72. The lowest BCUT2D eigenvalue weighted by atomic mass is 9.79. The fourth-order valence-corrected chi connectivity index (χ4v) is 3.94. The van der Waals surface area contributed by atoms with Crippen molar-refractivity contribution in [2.45, 2.75) is 58.4 Å². The second-order valence-corrected chi connectivity index (χ2v) is 8.54. The van der Waals surface area contributed by atoms with Crippen LogP contribution >= 0.6 is 11.3 Å². The Hall–Kier alpha value is -1.94. The average molecular weight is 358 g/mol. The molecule has 1 unspecified atom stereocenters. The summed E-state index contributed by atoms with van der Waals surface area (Å²) in [5, 5.41) is 3.03. The van der Waals surface area contributed by atoms with Gasteiger partial charge in [-0.3, -0.25) is 9.59 Å². The zero-order valence-corrected chi connectivity index (χ0v) is 16.3. The highest BCUT2D eigenvalue weighted by molar-refractivity contribution is 7.14. The summed E-state index contributed by atoms with van der Waals surface area (Å²) >= 11 is 1.49. The van der Waals surface area contributed by atoms with Gasteiger partial charge in [-0.05, 0) is 43.4 Å². The summed E-state index contributed by atoms with van der Waals surface area (Å²) in [4.78, 5) is 26.1. The molecule has 134 valence electrons. The zero-order chi connectivity index (χ0) is 18.4. The van der Waals surface area contributed by atoms with Crippen molar-refractivity contribution in [2.75, 3.05) is 0 Å². The molecule has 1 amide bonds. The van der Waals surface area contributed by atoms with Gasteiger partial charge in [0.15, 0.2) is 5.78 Å². The molecule has 0 radical (unpaired) electrons. The van der Waals surface area contributed by atoms with Crippen LogP contribution in [-0.4, -0.2) is 17.7 Å². The minimum absolute atomic E-state index is 0.0156. The molecule has 1 heterocycles. The predicted molar refractivity (Wildman–Crippen MR) is 104 cm³/mol. The van der Waals surface area contributed by atoms with Crippen molar-refractivity contribution in [1.29, 1.82) is 0 Å². The van der Waals surface area contributed by atoms with Crippen LogP contribution in [0.3, 0.4) is 0 Å². The molecule has 0 aliphatic carbocycles. The molecule has 0 aliphatic rings. The number of rotatable bonds is 8. The van der Waals surface area contributed by atoms with Crippen LogP contribution in [0.5, 0.6) is 0 Å². The molecule has 2 aromatic rings. The molecular formula is C21H27NO2S. The third-order valence-corrected chi connectivity index (χ3v) is 5.42. The van der Waals surface area contributed by atoms with Crippen LogP contribution in [0.2, 0.25) is 0 Å². The first kappa shape index (κ1) is 19.4. The Morgan fingerprint density at radius 3 is 2.36 bits per heavy atom. The van der Waals surface area contributed by atoms with Crippen LogP contribution < -0.4 is 5.32 Å². The lowest BCUT2D eigenvalue weighted by molar-refractivity contribution is -0.121. The normalized spacial score (nSPS) is 12.6. The monoisotopic (exact) mass is 357 g/mol. The molecule has 0 saturated carbocycles. The SMILES string of the molecule is Cc1ccc(C(=O)CCC(=O)NC(C)CC(C)(C)c2ccccc2)s1. The number of aryl methyl sites for hydroxylation is 1. The second kappa shape index (κ2) is 8.43. The van der Waals surface area contributed by atoms with E-state index in [-0.39, 0.29) is 36.0 Å². The molecule has 1 aromatic heterocycles. The molecular weight excluding hydrogens is 330 g/mol. The summed E-state index contributed by atoms with van der Waals surface area (Å²) in [7, 11) is 0. The average Bonchev–Trinajstić information content (AvgIpc) is 2.99. The highest BCUT2D eigenvalue weighted by Gasteiger charge is 2.24. The van der Waals surface area contributed by atoms with Crippen LogP contribution in [0, 0.1) is 6.92 Å². The Labute approximate surface area is 154 Å². The molecule has 0 spiro atoms. The van der Waals surface area contributed by atoms with E-state index < -0.39 is 0 Å². The second-order valence-electron chi connectivity index (χ2n) is 7.26. The highest BCUT2D eigenvalue weighted by atomic mass is 32.1. The number of Topliss-reactive ketones (excluding diaryl/α,β-unsaturated/α-hetero) is 1. The van der Waals surface area contributed by atoms with E-state index in [4.69, 9.17) is 0 Å². The number of nitrogens with one attached hydrogen (secondary N) is 1. The van der Waals surface area contributed by atoms with Crippen LogP contribution in [0.1, 0.15) is 60.1 Å². The Kier molecular flexibility index (Phi) is 6.54. The van der Waals surface area contributed by atoms with E-state index in [1.165, 1.54) is 16.9 Å². The third kappa shape index (κ3) is 5.82. The van der Waals surface area contributed by atoms with Crippen molar-refractivity contribution in [3.05, 3.63) is 57.8 Å². The van der Waals surface area contributed by atoms with E-state index in [0.29, 0.717) is 0 Å². The smallest absolute Gasteiger partial charge is 0.220 e. The number of carbonyl (C=O) groups is 2. The number of amides is 1. The molecule has 0 fully saturated rings. The maximum absolute atomic E-state index is 12.2. The molecule has 2 rings (SSSR count). The van der Waals surface area contributed by atoms with Gasteiger partial charge < -0.3 is 5.32 Å². The van der Waals surface area contributed by atoms with E-state index in [0.717, 1.165) is 16.2 Å². The van der Waals surface area contributed by atoms with Crippen LogP contribution in [0.25, 0.3) is 0 Å². The van der Waals surface area contributed by atoms with E-state index >= 15 is 0 Å². The fraction of sp³-hybridized carbons (Fsp3) is 0.429. The quantitative estimate of drug-likeness (QED) is 0.684. The topological polar surface area (TPSA) is 46.2 Å². The van der Waals surface area contributed by atoms with Gasteiger partial charge in [0, 0.05) is 23.8 Å². The lowest BCUT2D eigenvalue weighted by Gasteiger charge is -2.29. The van der Waals surface area contributed by atoms with Crippen LogP contribution in [0.4, 0.5) is 0 Å². The maximum Gasteiger partial charge on any atom is 0.220 e. The summed E-state index contributed by atoms with van der Waals surface area (Å²) in [6, 6.07) is 14.2. The summed E-state index contributed by atoms with van der Waals surface area (Å²) in [5.74, 6) is -0.0106. The van der Waals surface area contributed by atoms with Crippen molar-refractivity contribution in [2.24, 2.45) is 0 Å². The number of hydrogen-bond acceptors (Lipinski definition) is 3. The van der Waals surface area contributed by atoms with E-state index in [9.17, 15) is 9.59 Å². The minimum atomic E-state index is -0.0574. The standard InChI is InChI=1S/C21H27NO2S/c1-15(14-21(3,4)17-8-6-5-7-9-17)22-20(24)13-11-18(23)19-12-10-16(2)25-19/h5-10,12,15H,11,13-14H2,1-4H3,(H,22,24). The summed E-state index contributed by atoms with van der Waals surface area (Å²) in [6.07, 6.45) is 1.35. The lowest BCUT2D eigenvalue weighted by Crippen LogP contribution is -2.37. The van der Waals surface area contributed by atoms with Gasteiger partial charge in [0.2, 0.25) is 5.91 Å². The Balaban J connectivity index is 1.81. The summed E-state index contributed by atoms with van der Waals surface area (Å²) in [6.45, 7) is 8.37. The van der Waals surface area contributed by atoms with E-state index in [2.05, 4.69) is 31.3 Å². The van der Waals surface area contributed by atoms with Gasteiger partial charge >= 0.3 is 0 Å². The van der Waals surface area contributed by atoms with Crippen molar-refractivity contribution in [1.82, 2.24) is 5.32 Å².